The average Bonchev–Trinajstić information content (AvgIpc) is 3.39. The molecular weight excluding hydrogens is 392 g/mol. The van der Waals surface area contributed by atoms with Crippen LogP contribution in [0.5, 0.6) is 0 Å². The molecule has 1 N–H and O–H groups in total. The number of nitrogens with zero attached hydrogens (tertiary/aromatic N) is 3. The van der Waals surface area contributed by atoms with Gasteiger partial charge in [-0.1, -0.05) is 12.1 Å². The van der Waals surface area contributed by atoms with Crippen molar-refractivity contribution in [2.45, 2.75) is 25.3 Å². The van der Waals surface area contributed by atoms with Crippen LogP contribution in [0.3, 0.4) is 0 Å². The first-order valence-corrected chi connectivity index (χ1v) is 11.1. The van der Waals surface area contributed by atoms with E-state index in [1.165, 1.54) is 0 Å². The van der Waals surface area contributed by atoms with Crippen LogP contribution in [-0.4, -0.2) is 40.8 Å². The van der Waals surface area contributed by atoms with Gasteiger partial charge < -0.3 is 4.40 Å². The number of carbonyl (C=O) groups excluding carboxylic acids is 2. The molecule has 1 fully saturated rings. The molecule has 0 radical (unpaired) electrons. The first-order valence-electron chi connectivity index (χ1n) is 9.25. The molecule has 148 valence electrons. The molecule has 0 atom stereocenters. The van der Waals surface area contributed by atoms with Crippen molar-refractivity contribution in [1.29, 1.82) is 0 Å². The predicted molar refractivity (Wildman–Crippen MR) is 106 cm³/mol. The molecule has 2 aromatic heterocycles. The summed E-state index contributed by atoms with van der Waals surface area (Å²) < 4.78 is 27.9. The predicted octanol–water partition coefficient (Wildman–Crippen LogP) is 2.38. The summed E-state index contributed by atoms with van der Waals surface area (Å²) in [6.07, 6.45) is 6.90. The lowest BCUT2D eigenvalue weighted by Crippen LogP contribution is -2.29. The molecule has 2 aliphatic rings. The van der Waals surface area contributed by atoms with Gasteiger partial charge in [0.15, 0.2) is 5.65 Å². The maximum absolute atomic E-state index is 12.6. The van der Waals surface area contributed by atoms with Crippen LogP contribution in [0.2, 0.25) is 0 Å². The van der Waals surface area contributed by atoms with Gasteiger partial charge >= 0.3 is 0 Å². The van der Waals surface area contributed by atoms with Crippen LogP contribution in [-0.2, 0) is 16.6 Å². The van der Waals surface area contributed by atoms with Gasteiger partial charge in [0.2, 0.25) is 10.0 Å². The molecule has 1 aliphatic carbocycles. The van der Waals surface area contributed by atoms with Gasteiger partial charge in [-0.25, -0.2) is 13.4 Å². The number of carbonyl (C=O) groups is 2. The number of hydrogen-bond donors (Lipinski definition) is 1. The third kappa shape index (κ3) is 3.17. The van der Waals surface area contributed by atoms with Crippen molar-refractivity contribution in [3.63, 3.8) is 0 Å². The number of hydrogen-bond acceptors (Lipinski definition) is 5. The van der Waals surface area contributed by atoms with Crippen molar-refractivity contribution >= 4 is 33.2 Å². The summed E-state index contributed by atoms with van der Waals surface area (Å²) in [6.45, 7) is 0.0190. The number of fused-ring (bicyclic) bond motifs is 2. The van der Waals surface area contributed by atoms with Crippen LogP contribution >= 0.6 is 0 Å². The van der Waals surface area contributed by atoms with E-state index >= 15 is 0 Å². The van der Waals surface area contributed by atoms with E-state index in [1.807, 2.05) is 12.3 Å². The number of imide groups is 1. The van der Waals surface area contributed by atoms with E-state index in [2.05, 4.69) is 9.71 Å². The summed E-state index contributed by atoms with van der Waals surface area (Å²) in [4.78, 5) is 30.9. The quantitative estimate of drug-likeness (QED) is 0.651. The summed E-state index contributed by atoms with van der Waals surface area (Å²) in [5.74, 6) is -0.284. The van der Waals surface area contributed by atoms with Crippen LogP contribution in [0.4, 0.5) is 5.69 Å². The Morgan fingerprint density at radius 3 is 2.34 bits per heavy atom. The van der Waals surface area contributed by atoms with Crippen LogP contribution in [0.25, 0.3) is 5.65 Å². The van der Waals surface area contributed by atoms with E-state index in [0.29, 0.717) is 34.1 Å². The number of anilines is 1. The molecule has 8 nitrogen and oxygen atoms in total. The molecule has 0 bridgehead atoms. The van der Waals surface area contributed by atoms with Gasteiger partial charge in [0, 0.05) is 12.4 Å². The van der Waals surface area contributed by atoms with Crippen molar-refractivity contribution in [2.75, 3.05) is 11.0 Å². The highest BCUT2D eigenvalue weighted by atomic mass is 32.2. The van der Waals surface area contributed by atoms with Crippen molar-refractivity contribution in [2.24, 2.45) is 0 Å². The van der Waals surface area contributed by atoms with E-state index < -0.39 is 10.0 Å². The van der Waals surface area contributed by atoms with Crippen molar-refractivity contribution in [3.05, 3.63) is 65.1 Å². The Morgan fingerprint density at radius 1 is 1.10 bits per heavy atom. The molecule has 29 heavy (non-hydrogen) atoms. The summed E-state index contributed by atoms with van der Waals surface area (Å²) in [6, 6.07) is 8.53. The van der Waals surface area contributed by atoms with E-state index in [1.54, 1.807) is 34.9 Å². The van der Waals surface area contributed by atoms with Gasteiger partial charge in [-0.05, 0) is 42.5 Å². The fraction of sp³-hybridized carbons (Fsp3) is 0.250. The topological polar surface area (TPSA) is 101 Å². The molecule has 9 heteroatoms. The third-order valence-electron chi connectivity index (χ3n) is 5.16. The highest BCUT2D eigenvalue weighted by molar-refractivity contribution is 7.92. The van der Waals surface area contributed by atoms with E-state index in [0.717, 1.165) is 29.6 Å². The number of pyridine rings is 1. The van der Waals surface area contributed by atoms with Gasteiger partial charge in [0.25, 0.3) is 11.8 Å². The minimum Gasteiger partial charge on any atom is -0.305 e. The summed E-state index contributed by atoms with van der Waals surface area (Å²) in [5, 5.41) is 0. The third-order valence-corrected chi connectivity index (χ3v) is 5.76. The van der Waals surface area contributed by atoms with Gasteiger partial charge in [0.05, 0.1) is 35.3 Å². The maximum atomic E-state index is 12.6. The number of rotatable bonds is 5. The zero-order valence-electron chi connectivity index (χ0n) is 15.6. The second-order valence-corrected chi connectivity index (χ2v) is 9.29. The largest absolute Gasteiger partial charge is 0.305 e. The SMILES string of the molecule is CS(=O)(=O)Nc1cc(C2CC2)cn2cc(CN3C(=O)c4ccccc4C3=O)nc12. The number of aromatic nitrogens is 2. The van der Waals surface area contributed by atoms with Gasteiger partial charge in [-0.2, -0.15) is 0 Å². The Hall–Kier alpha value is -3.20. The lowest BCUT2D eigenvalue weighted by Gasteiger charge is -2.11. The zero-order valence-corrected chi connectivity index (χ0v) is 16.4. The Bertz CT molecular complexity index is 1260. The molecule has 1 aliphatic heterocycles. The summed E-state index contributed by atoms with van der Waals surface area (Å²) >= 11 is 0. The van der Waals surface area contributed by atoms with Crippen LogP contribution in [0.15, 0.2) is 42.7 Å². The van der Waals surface area contributed by atoms with Gasteiger partial charge in [-0.3, -0.25) is 19.2 Å². The van der Waals surface area contributed by atoms with Crippen LogP contribution in [0, 0.1) is 0 Å². The smallest absolute Gasteiger partial charge is 0.261 e. The highest BCUT2D eigenvalue weighted by Gasteiger charge is 2.35. The van der Waals surface area contributed by atoms with Crippen molar-refractivity contribution < 1.29 is 18.0 Å². The van der Waals surface area contributed by atoms with Gasteiger partial charge in [0.1, 0.15) is 0 Å². The van der Waals surface area contributed by atoms with Gasteiger partial charge in [-0.15, -0.1) is 0 Å². The number of imidazole rings is 1. The number of benzene rings is 1. The van der Waals surface area contributed by atoms with E-state index in [-0.39, 0.29) is 18.4 Å². The summed E-state index contributed by atoms with van der Waals surface area (Å²) in [7, 11) is -3.48. The van der Waals surface area contributed by atoms with Crippen molar-refractivity contribution in [1.82, 2.24) is 14.3 Å². The second kappa shape index (κ2) is 6.15. The molecule has 0 unspecified atom stereocenters. The lowest BCUT2D eigenvalue weighted by molar-refractivity contribution is 0.0640. The number of sulfonamides is 1. The van der Waals surface area contributed by atoms with E-state index in [9.17, 15) is 18.0 Å². The molecule has 1 saturated carbocycles. The molecule has 3 heterocycles. The number of nitrogens with one attached hydrogen (secondary N) is 1. The monoisotopic (exact) mass is 410 g/mol. The average molecular weight is 410 g/mol. The molecule has 0 saturated heterocycles. The zero-order chi connectivity index (χ0) is 20.3. The van der Waals surface area contributed by atoms with E-state index in [4.69, 9.17) is 0 Å². The Balaban J connectivity index is 1.53. The fourth-order valence-corrected chi connectivity index (χ4v) is 4.26. The molecule has 2 amide bonds. The molecule has 0 spiro atoms. The minimum absolute atomic E-state index is 0.0190. The standard InChI is InChI=1S/C20H18N4O4S/c1-29(27,28)22-17-8-13(12-6-7-12)9-23-10-14(21-18(17)23)11-24-19(25)15-4-2-3-5-16(15)20(24)26/h2-5,8-10,12,22H,6-7,11H2,1H3. The minimum atomic E-state index is -3.48. The Morgan fingerprint density at radius 2 is 1.76 bits per heavy atom. The van der Waals surface area contributed by atoms with Crippen LogP contribution in [0.1, 0.15) is 50.7 Å². The molecular formula is C20H18N4O4S. The molecule has 1 aromatic carbocycles. The number of amides is 2. The Kier molecular flexibility index (Phi) is 3.79. The molecule has 5 rings (SSSR count). The first-order chi connectivity index (χ1) is 13.8. The van der Waals surface area contributed by atoms with Crippen molar-refractivity contribution in [3.8, 4) is 0 Å². The molecule has 3 aromatic rings. The summed E-state index contributed by atoms with van der Waals surface area (Å²) in [5.41, 5.74) is 3.14. The first kappa shape index (κ1) is 17.9. The normalized spacial score (nSPS) is 16.5. The van der Waals surface area contributed by atoms with Crippen LogP contribution < -0.4 is 4.72 Å². The fourth-order valence-electron chi connectivity index (χ4n) is 3.71. The maximum Gasteiger partial charge on any atom is 0.261 e. The lowest BCUT2D eigenvalue weighted by atomic mass is 10.1. The highest BCUT2D eigenvalue weighted by Crippen LogP contribution is 2.41. The Labute approximate surface area is 167 Å². The second-order valence-electron chi connectivity index (χ2n) is 7.54.